The molecule has 1 aliphatic heterocycles. The lowest BCUT2D eigenvalue weighted by Gasteiger charge is -2.27. The summed E-state index contributed by atoms with van der Waals surface area (Å²) >= 11 is 0. The Bertz CT molecular complexity index is 767. The van der Waals surface area contributed by atoms with Gasteiger partial charge in [-0.15, -0.1) is 0 Å². The summed E-state index contributed by atoms with van der Waals surface area (Å²) in [6.07, 6.45) is 1.53. The fourth-order valence-electron chi connectivity index (χ4n) is 2.73. The predicted octanol–water partition coefficient (Wildman–Crippen LogP) is 0.929. The zero-order valence-corrected chi connectivity index (χ0v) is 15.9. The Kier molecular flexibility index (Phi) is 7.25. The van der Waals surface area contributed by atoms with Gasteiger partial charge in [0.05, 0.1) is 20.3 Å². The number of methoxy groups -OCH3 is 1. The number of nitrogens with one attached hydrogen (secondary N) is 2. The van der Waals surface area contributed by atoms with E-state index in [4.69, 9.17) is 14.2 Å². The fraction of sp³-hybridized carbons (Fsp3) is 0.421. The molecule has 1 saturated heterocycles. The van der Waals surface area contributed by atoms with Crippen LogP contribution in [-0.2, 0) is 9.53 Å². The van der Waals surface area contributed by atoms with E-state index in [0.717, 1.165) is 24.7 Å². The van der Waals surface area contributed by atoms with Crippen molar-refractivity contribution in [3.8, 4) is 11.5 Å². The van der Waals surface area contributed by atoms with E-state index in [0.29, 0.717) is 37.8 Å². The first-order valence-electron chi connectivity index (χ1n) is 9.17. The Balaban J connectivity index is 1.37. The molecule has 0 aliphatic carbocycles. The molecule has 0 bridgehead atoms. The Morgan fingerprint density at radius 1 is 1.18 bits per heavy atom. The van der Waals surface area contributed by atoms with Crippen molar-refractivity contribution in [2.24, 2.45) is 0 Å². The van der Waals surface area contributed by atoms with E-state index >= 15 is 0 Å². The number of aromatic nitrogens is 2. The molecule has 1 aromatic carbocycles. The van der Waals surface area contributed by atoms with Gasteiger partial charge in [-0.3, -0.25) is 4.79 Å². The van der Waals surface area contributed by atoms with Crippen LogP contribution < -0.4 is 25.0 Å². The smallest absolute Gasteiger partial charge is 0.258 e. The lowest BCUT2D eigenvalue weighted by atomic mass is 10.3. The van der Waals surface area contributed by atoms with Crippen LogP contribution in [-0.4, -0.2) is 69.0 Å². The quantitative estimate of drug-likeness (QED) is 0.614. The van der Waals surface area contributed by atoms with Crippen molar-refractivity contribution < 1.29 is 19.0 Å². The van der Waals surface area contributed by atoms with Gasteiger partial charge in [0.25, 0.3) is 5.91 Å². The number of ether oxygens (including phenoxy) is 3. The number of morpholine rings is 1. The van der Waals surface area contributed by atoms with Crippen molar-refractivity contribution >= 4 is 17.5 Å². The van der Waals surface area contributed by atoms with Crippen LogP contribution in [0.4, 0.5) is 11.6 Å². The lowest BCUT2D eigenvalue weighted by Crippen LogP contribution is -2.36. The Labute approximate surface area is 164 Å². The van der Waals surface area contributed by atoms with Gasteiger partial charge in [0.15, 0.2) is 18.1 Å². The molecule has 1 aliphatic rings. The van der Waals surface area contributed by atoms with Crippen LogP contribution in [0, 0.1) is 0 Å². The molecule has 9 nitrogen and oxygen atoms in total. The number of carbonyl (C=O) groups excluding carboxylic acids is 1. The first-order chi connectivity index (χ1) is 13.8. The SMILES string of the molecule is COc1ccccc1OCC(=O)NCCNc1cc(N2CCOCC2)ncn1. The van der Waals surface area contributed by atoms with Gasteiger partial charge in [-0.05, 0) is 12.1 Å². The van der Waals surface area contributed by atoms with Crippen molar-refractivity contribution in [2.75, 3.05) is 63.3 Å². The zero-order chi connectivity index (χ0) is 19.6. The second-order valence-electron chi connectivity index (χ2n) is 6.08. The van der Waals surface area contributed by atoms with Gasteiger partial charge in [-0.25, -0.2) is 9.97 Å². The van der Waals surface area contributed by atoms with Gasteiger partial charge in [-0.1, -0.05) is 12.1 Å². The van der Waals surface area contributed by atoms with Gasteiger partial charge in [0.1, 0.15) is 18.0 Å². The minimum atomic E-state index is -0.204. The van der Waals surface area contributed by atoms with Crippen molar-refractivity contribution in [1.82, 2.24) is 15.3 Å². The minimum absolute atomic E-state index is 0.0743. The number of rotatable bonds is 9. The van der Waals surface area contributed by atoms with Gasteiger partial charge < -0.3 is 29.7 Å². The third-order valence-corrected chi connectivity index (χ3v) is 4.17. The molecule has 0 unspecified atom stereocenters. The van der Waals surface area contributed by atoms with E-state index in [-0.39, 0.29) is 12.5 Å². The maximum absolute atomic E-state index is 11.9. The summed E-state index contributed by atoms with van der Waals surface area (Å²) in [6, 6.07) is 9.11. The van der Waals surface area contributed by atoms with Crippen LogP contribution in [0.5, 0.6) is 11.5 Å². The zero-order valence-electron chi connectivity index (χ0n) is 15.9. The van der Waals surface area contributed by atoms with Gasteiger partial charge in [-0.2, -0.15) is 0 Å². The van der Waals surface area contributed by atoms with E-state index in [2.05, 4.69) is 25.5 Å². The highest BCUT2D eigenvalue weighted by molar-refractivity contribution is 5.77. The van der Waals surface area contributed by atoms with Crippen molar-refractivity contribution in [3.63, 3.8) is 0 Å². The number of hydrogen-bond acceptors (Lipinski definition) is 8. The Hall–Kier alpha value is -3.07. The number of benzene rings is 1. The third-order valence-electron chi connectivity index (χ3n) is 4.17. The summed E-state index contributed by atoms with van der Waals surface area (Å²) in [6.45, 7) is 3.96. The number of hydrogen-bond donors (Lipinski definition) is 2. The molecule has 28 heavy (non-hydrogen) atoms. The minimum Gasteiger partial charge on any atom is -0.493 e. The van der Waals surface area contributed by atoms with Gasteiger partial charge in [0, 0.05) is 32.2 Å². The molecule has 2 N–H and O–H groups in total. The summed E-state index contributed by atoms with van der Waals surface area (Å²) in [7, 11) is 1.56. The Morgan fingerprint density at radius 2 is 1.96 bits per heavy atom. The second-order valence-corrected chi connectivity index (χ2v) is 6.08. The van der Waals surface area contributed by atoms with Crippen molar-refractivity contribution in [3.05, 3.63) is 36.7 Å². The standard InChI is InChI=1S/C19H25N5O4/c1-26-15-4-2-3-5-16(15)28-13-19(25)21-7-6-20-17-12-18(23-14-22-17)24-8-10-27-11-9-24/h2-5,12,14H,6-11,13H2,1H3,(H,21,25)(H,20,22,23). The molecule has 2 heterocycles. The second kappa shape index (κ2) is 10.3. The molecule has 9 heteroatoms. The summed E-state index contributed by atoms with van der Waals surface area (Å²) < 4.78 is 16.0. The van der Waals surface area contributed by atoms with Crippen molar-refractivity contribution in [2.45, 2.75) is 0 Å². The number of carbonyl (C=O) groups is 1. The van der Waals surface area contributed by atoms with Gasteiger partial charge >= 0.3 is 0 Å². The number of para-hydroxylation sites is 2. The molecule has 1 amide bonds. The lowest BCUT2D eigenvalue weighted by molar-refractivity contribution is -0.123. The average molecular weight is 387 g/mol. The van der Waals surface area contributed by atoms with Crippen LogP contribution in [0.3, 0.4) is 0 Å². The number of anilines is 2. The summed E-state index contributed by atoms with van der Waals surface area (Å²) in [5.74, 6) is 2.52. The van der Waals surface area contributed by atoms with Crippen LogP contribution in [0.1, 0.15) is 0 Å². The highest BCUT2D eigenvalue weighted by Crippen LogP contribution is 2.25. The molecule has 3 rings (SSSR count). The monoisotopic (exact) mass is 387 g/mol. The highest BCUT2D eigenvalue weighted by atomic mass is 16.5. The molecule has 2 aromatic rings. The topological polar surface area (TPSA) is 97.8 Å². The van der Waals surface area contributed by atoms with Gasteiger partial charge in [0.2, 0.25) is 0 Å². The number of nitrogens with zero attached hydrogens (tertiary/aromatic N) is 3. The first-order valence-corrected chi connectivity index (χ1v) is 9.17. The third kappa shape index (κ3) is 5.71. The van der Waals surface area contributed by atoms with E-state index < -0.39 is 0 Å². The van der Waals surface area contributed by atoms with E-state index in [1.165, 1.54) is 6.33 Å². The molecule has 0 radical (unpaired) electrons. The maximum Gasteiger partial charge on any atom is 0.258 e. The molecular weight excluding hydrogens is 362 g/mol. The molecule has 1 aromatic heterocycles. The van der Waals surface area contributed by atoms with Crippen LogP contribution in [0.25, 0.3) is 0 Å². The van der Waals surface area contributed by atoms with Crippen molar-refractivity contribution in [1.29, 1.82) is 0 Å². The van der Waals surface area contributed by atoms with E-state index in [9.17, 15) is 4.79 Å². The summed E-state index contributed by atoms with van der Waals surface area (Å²) in [4.78, 5) is 22.6. The molecular formula is C19H25N5O4. The molecule has 0 spiro atoms. The largest absolute Gasteiger partial charge is 0.493 e. The Morgan fingerprint density at radius 3 is 2.75 bits per heavy atom. The van der Waals surface area contributed by atoms with Crippen LogP contribution in [0.15, 0.2) is 36.7 Å². The van der Waals surface area contributed by atoms with Crippen LogP contribution in [0.2, 0.25) is 0 Å². The van der Waals surface area contributed by atoms with Crippen LogP contribution >= 0.6 is 0 Å². The normalized spacial score (nSPS) is 13.7. The molecule has 0 atom stereocenters. The van der Waals surface area contributed by atoms with E-state index in [1.54, 1.807) is 19.2 Å². The summed E-state index contributed by atoms with van der Waals surface area (Å²) in [5.41, 5.74) is 0. The maximum atomic E-state index is 11.9. The molecule has 0 saturated carbocycles. The molecule has 1 fully saturated rings. The number of amides is 1. The predicted molar refractivity (Wildman–Crippen MR) is 105 cm³/mol. The fourth-order valence-corrected chi connectivity index (χ4v) is 2.73. The summed E-state index contributed by atoms with van der Waals surface area (Å²) in [5, 5.41) is 5.99. The molecule has 150 valence electrons. The average Bonchev–Trinajstić information content (AvgIpc) is 2.76. The highest BCUT2D eigenvalue weighted by Gasteiger charge is 2.13. The van der Waals surface area contributed by atoms with E-state index in [1.807, 2.05) is 18.2 Å². The first kappa shape index (κ1) is 19.7.